The van der Waals surface area contributed by atoms with Crippen molar-refractivity contribution in [3.05, 3.63) is 29.8 Å². The van der Waals surface area contributed by atoms with Crippen LogP contribution < -0.4 is 15.5 Å². The van der Waals surface area contributed by atoms with Crippen molar-refractivity contribution in [2.45, 2.75) is 33.4 Å². The van der Waals surface area contributed by atoms with Crippen molar-refractivity contribution < 1.29 is 4.74 Å². The van der Waals surface area contributed by atoms with Crippen LogP contribution in [0, 0.1) is 5.92 Å². The predicted octanol–water partition coefficient (Wildman–Crippen LogP) is 2.65. The number of hydrogen-bond acceptors (Lipinski definition) is 5. The molecule has 1 aromatic rings. The second kappa shape index (κ2) is 12.4. The average Bonchev–Trinajstić information content (AvgIpc) is 2.79. The highest BCUT2D eigenvalue weighted by molar-refractivity contribution is 7.99. The fourth-order valence-electron chi connectivity index (χ4n) is 4.04. The van der Waals surface area contributed by atoms with Crippen molar-refractivity contribution >= 4 is 23.4 Å². The van der Waals surface area contributed by atoms with E-state index < -0.39 is 0 Å². The Hall–Kier alpha value is -1.44. The Morgan fingerprint density at radius 3 is 2.40 bits per heavy atom. The molecule has 2 fully saturated rings. The Morgan fingerprint density at radius 2 is 1.77 bits per heavy atom. The number of morpholine rings is 1. The fraction of sp³-hybridized carbons (Fsp3) is 0.696. The van der Waals surface area contributed by atoms with Gasteiger partial charge < -0.3 is 20.3 Å². The summed E-state index contributed by atoms with van der Waals surface area (Å²) in [6, 6.07) is 9.41. The molecular formula is C23H39N5OS. The molecular weight excluding hydrogens is 394 g/mol. The number of rotatable bonds is 8. The van der Waals surface area contributed by atoms with Crippen LogP contribution in [-0.2, 0) is 11.3 Å². The standard InChI is InChI=1S/C23H39N5OS/c1-4-24-23(26-18-22(19(2)3)28-9-13-29-14-10-28)25-17-20-5-7-21(8-6-20)27-11-15-30-16-12-27/h5-8,19,22H,4,9-18H2,1-3H3,(H2,24,25,26). The SMILES string of the molecule is CCNC(=NCc1ccc(N2CCSCC2)cc1)NCC(C(C)C)N1CCOCC1. The summed E-state index contributed by atoms with van der Waals surface area (Å²) < 4.78 is 5.53. The molecule has 0 bridgehead atoms. The number of aliphatic imine (C=N–C) groups is 1. The van der Waals surface area contributed by atoms with E-state index >= 15 is 0 Å². The van der Waals surface area contributed by atoms with Gasteiger partial charge in [0, 0.05) is 62.5 Å². The number of thioether (sulfide) groups is 1. The van der Waals surface area contributed by atoms with Gasteiger partial charge in [-0.1, -0.05) is 26.0 Å². The average molecular weight is 434 g/mol. The van der Waals surface area contributed by atoms with Gasteiger partial charge in [-0.3, -0.25) is 4.90 Å². The summed E-state index contributed by atoms with van der Waals surface area (Å²) in [5, 5.41) is 6.98. The predicted molar refractivity (Wildman–Crippen MR) is 130 cm³/mol. The molecule has 1 unspecified atom stereocenters. The van der Waals surface area contributed by atoms with Crippen molar-refractivity contribution in [2.24, 2.45) is 10.9 Å². The number of nitrogens with one attached hydrogen (secondary N) is 2. The third-order valence-corrected chi connectivity index (χ3v) is 6.78. The maximum atomic E-state index is 5.53. The minimum atomic E-state index is 0.486. The highest BCUT2D eigenvalue weighted by atomic mass is 32.2. The van der Waals surface area contributed by atoms with Gasteiger partial charge in [0.1, 0.15) is 0 Å². The number of hydrogen-bond donors (Lipinski definition) is 2. The van der Waals surface area contributed by atoms with Gasteiger partial charge in [-0.15, -0.1) is 0 Å². The molecule has 168 valence electrons. The molecule has 2 aliphatic rings. The smallest absolute Gasteiger partial charge is 0.191 e. The third-order valence-electron chi connectivity index (χ3n) is 5.84. The van der Waals surface area contributed by atoms with Crippen LogP contribution in [0.1, 0.15) is 26.3 Å². The largest absolute Gasteiger partial charge is 0.379 e. The first-order valence-electron chi connectivity index (χ1n) is 11.4. The van der Waals surface area contributed by atoms with E-state index in [4.69, 9.17) is 9.73 Å². The summed E-state index contributed by atoms with van der Waals surface area (Å²) in [5.41, 5.74) is 2.58. The van der Waals surface area contributed by atoms with Crippen LogP contribution in [0.25, 0.3) is 0 Å². The number of guanidine groups is 1. The molecule has 2 aliphatic heterocycles. The molecule has 3 rings (SSSR count). The van der Waals surface area contributed by atoms with Crippen molar-refractivity contribution in [1.29, 1.82) is 0 Å². The molecule has 30 heavy (non-hydrogen) atoms. The van der Waals surface area contributed by atoms with Gasteiger partial charge in [-0.25, -0.2) is 4.99 Å². The molecule has 1 aromatic carbocycles. The summed E-state index contributed by atoms with van der Waals surface area (Å²) in [5.74, 6) is 3.93. The molecule has 6 nitrogen and oxygen atoms in total. The van der Waals surface area contributed by atoms with E-state index in [9.17, 15) is 0 Å². The fourth-order valence-corrected chi connectivity index (χ4v) is 4.95. The number of nitrogens with zero attached hydrogens (tertiary/aromatic N) is 3. The highest BCUT2D eigenvalue weighted by Crippen LogP contribution is 2.20. The maximum Gasteiger partial charge on any atom is 0.191 e. The van der Waals surface area contributed by atoms with Crippen molar-refractivity contribution in [1.82, 2.24) is 15.5 Å². The summed E-state index contributed by atoms with van der Waals surface area (Å²) in [4.78, 5) is 9.86. The summed E-state index contributed by atoms with van der Waals surface area (Å²) in [6.07, 6.45) is 0. The van der Waals surface area contributed by atoms with Gasteiger partial charge in [0.05, 0.1) is 19.8 Å². The maximum absolute atomic E-state index is 5.53. The van der Waals surface area contributed by atoms with E-state index in [2.05, 4.69) is 65.5 Å². The van der Waals surface area contributed by atoms with Crippen LogP contribution in [-0.4, -0.2) is 80.9 Å². The van der Waals surface area contributed by atoms with Crippen LogP contribution in [0.4, 0.5) is 5.69 Å². The molecule has 0 saturated carbocycles. The monoisotopic (exact) mass is 433 g/mol. The van der Waals surface area contributed by atoms with E-state index in [1.165, 1.54) is 22.8 Å². The summed E-state index contributed by atoms with van der Waals surface area (Å²) >= 11 is 2.05. The van der Waals surface area contributed by atoms with Crippen molar-refractivity contribution in [3.63, 3.8) is 0 Å². The Bertz CT molecular complexity index is 639. The quantitative estimate of drug-likeness (QED) is 0.486. The van der Waals surface area contributed by atoms with Gasteiger partial charge in [0.2, 0.25) is 0 Å². The van der Waals surface area contributed by atoms with Gasteiger partial charge in [0.15, 0.2) is 5.96 Å². The van der Waals surface area contributed by atoms with Gasteiger partial charge in [0.25, 0.3) is 0 Å². The highest BCUT2D eigenvalue weighted by Gasteiger charge is 2.23. The molecule has 2 saturated heterocycles. The zero-order valence-electron chi connectivity index (χ0n) is 18.9. The second-order valence-corrected chi connectivity index (χ2v) is 9.53. The first-order valence-corrected chi connectivity index (χ1v) is 12.6. The van der Waals surface area contributed by atoms with E-state index in [0.29, 0.717) is 18.5 Å². The number of anilines is 1. The lowest BCUT2D eigenvalue weighted by molar-refractivity contribution is 0.00752. The van der Waals surface area contributed by atoms with E-state index in [-0.39, 0.29) is 0 Å². The van der Waals surface area contributed by atoms with Crippen LogP contribution in [0.2, 0.25) is 0 Å². The van der Waals surface area contributed by atoms with Crippen LogP contribution >= 0.6 is 11.8 Å². The lowest BCUT2D eigenvalue weighted by Crippen LogP contribution is -2.52. The molecule has 2 N–H and O–H groups in total. The van der Waals surface area contributed by atoms with Gasteiger partial charge in [-0.2, -0.15) is 11.8 Å². The molecule has 0 aromatic heterocycles. The Kier molecular flexibility index (Phi) is 9.62. The first-order chi connectivity index (χ1) is 14.7. The van der Waals surface area contributed by atoms with Crippen LogP contribution in [0.15, 0.2) is 29.3 Å². The molecule has 0 spiro atoms. The molecule has 2 heterocycles. The minimum absolute atomic E-state index is 0.486. The Balaban J connectivity index is 1.55. The van der Waals surface area contributed by atoms with Gasteiger partial charge in [-0.05, 0) is 30.5 Å². The number of ether oxygens (including phenoxy) is 1. The summed E-state index contributed by atoms with van der Waals surface area (Å²) in [7, 11) is 0. The lowest BCUT2D eigenvalue weighted by Gasteiger charge is -2.37. The van der Waals surface area contributed by atoms with Gasteiger partial charge >= 0.3 is 0 Å². The topological polar surface area (TPSA) is 52.1 Å². The second-order valence-electron chi connectivity index (χ2n) is 8.30. The molecule has 1 atom stereocenters. The first kappa shape index (κ1) is 23.2. The van der Waals surface area contributed by atoms with E-state index in [0.717, 1.165) is 58.4 Å². The van der Waals surface area contributed by atoms with Crippen LogP contribution in [0.3, 0.4) is 0 Å². The van der Waals surface area contributed by atoms with Crippen molar-refractivity contribution in [2.75, 3.05) is 68.9 Å². The molecule has 0 amide bonds. The molecule has 0 radical (unpaired) electrons. The lowest BCUT2D eigenvalue weighted by atomic mass is 10.0. The normalized spacial score (nSPS) is 19.7. The van der Waals surface area contributed by atoms with Crippen molar-refractivity contribution in [3.8, 4) is 0 Å². The third kappa shape index (κ3) is 7.06. The minimum Gasteiger partial charge on any atom is -0.379 e. The molecule has 0 aliphatic carbocycles. The van der Waals surface area contributed by atoms with Crippen LogP contribution in [0.5, 0.6) is 0 Å². The Morgan fingerprint density at radius 1 is 1.07 bits per heavy atom. The molecule has 7 heteroatoms. The Labute approximate surface area is 186 Å². The summed E-state index contributed by atoms with van der Waals surface area (Å²) in [6.45, 7) is 15.2. The van der Waals surface area contributed by atoms with E-state index in [1.54, 1.807) is 0 Å². The number of benzene rings is 1. The van der Waals surface area contributed by atoms with E-state index in [1.807, 2.05) is 11.8 Å². The zero-order valence-corrected chi connectivity index (χ0v) is 19.7. The zero-order chi connectivity index (χ0) is 21.2.